The Morgan fingerprint density at radius 3 is 2.91 bits per heavy atom. The number of aliphatic carboxylic acids is 1. The zero-order valence-corrected chi connectivity index (χ0v) is 13.3. The number of carboxylic acids is 1. The van der Waals surface area contributed by atoms with Gasteiger partial charge in [-0.15, -0.1) is 0 Å². The molecule has 0 amide bonds. The fourth-order valence-electron chi connectivity index (χ4n) is 5.66. The Hall–Kier alpha value is -1.51. The molecular weight excluding hydrogens is 276 g/mol. The van der Waals surface area contributed by atoms with E-state index in [2.05, 4.69) is 25.1 Å². The first kappa shape index (κ1) is 14.1. The molecule has 3 aliphatic carbocycles. The minimum atomic E-state index is -0.585. The maximum absolute atomic E-state index is 11.5. The first-order valence-electron chi connectivity index (χ1n) is 8.44. The van der Waals surface area contributed by atoms with E-state index in [0.29, 0.717) is 17.8 Å². The molecule has 2 saturated carbocycles. The maximum atomic E-state index is 11.5. The second-order valence-corrected chi connectivity index (χ2v) is 7.65. The van der Waals surface area contributed by atoms with Crippen LogP contribution in [0.25, 0.3) is 0 Å². The molecule has 0 radical (unpaired) electrons. The average molecular weight is 300 g/mol. The average Bonchev–Trinajstić information content (AvgIpc) is 2.50. The van der Waals surface area contributed by atoms with E-state index in [1.165, 1.54) is 17.5 Å². The minimum absolute atomic E-state index is 0.0387. The van der Waals surface area contributed by atoms with E-state index < -0.39 is 5.97 Å². The molecule has 3 aliphatic rings. The van der Waals surface area contributed by atoms with Crippen LogP contribution in [0.3, 0.4) is 0 Å². The molecule has 0 saturated heterocycles. The minimum Gasteiger partial charge on any atom is -0.497 e. The van der Waals surface area contributed by atoms with E-state index in [0.717, 1.165) is 31.4 Å². The highest BCUT2D eigenvalue weighted by molar-refractivity contribution is 5.72. The van der Waals surface area contributed by atoms with Gasteiger partial charge in [-0.05, 0) is 78.5 Å². The Morgan fingerprint density at radius 1 is 1.36 bits per heavy atom. The topological polar surface area (TPSA) is 46.5 Å². The molecule has 5 atom stereocenters. The van der Waals surface area contributed by atoms with Gasteiger partial charge in [0.05, 0.1) is 13.0 Å². The molecular formula is C19H24O3. The van der Waals surface area contributed by atoms with Crippen molar-refractivity contribution in [3.63, 3.8) is 0 Å². The molecule has 0 spiro atoms. The predicted molar refractivity (Wildman–Crippen MR) is 84.1 cm³/mol. The van der Waals surface area contributed by atoms with Crippen molar-refractivity contribution in [3.05, 3.63) is 29.3 Å². The van der Waals surface area contributed by atoms with Gasteiger partial charge in [0.25, 0.3) is 0 Å². The number of carboxylic acid groups (broad SMARTS) is 1. The second-order valence-electron chi connectivity index (χ2n) is 7.65. The third-order valence-electron chi connectivity index (χ3n) is 6.96. The van der Waals surface area contributed by atoms with Gasteiger partial charge < -0.3 is 9.84 Å². The van der Waals surface area contributed by atoms with Crippen LogP contribution < -0.4 is 4.74 Å². The second kappa shape index (κ2) is 4.74. The van der Waals surface area contributed by atoms with Crippen molar-refractivity contribution in [3.8, 4) is 5.75 Å². The number of hydrogen-bond acceptors (Lipinski definition) is 2. The lowest BCUT2D eigenvalue weighted by molar-refractivity contribution is -0.174. The molecule has 1 aromatic carbocycles. The zero-order chi connectivity index (χ0) is 15.5. The van der Waals surface area contributed by atoms with Gasteiger partial charge in [-0.3, -0.25) is 4.79 Å². The van der Waals surface area contributed by atoms with Gasteiger partial charge in [0.2, 0.25) is 0 Å². The van der Waals surface area contributed by atoms with Crippen LogP contribution in [0.5, 0.6) is 5.75 Å². The first-order valence-corrected chi connectivity index (χ1v) is 8.44. The van der Waals surface area contributed by atoms with Crippen molar-refractivity contribution in [1.29, 1.82) is 0 Å². The molecule has 4 rings (SSSR count). The summed E-state index contributed by atoms with van der Waals surface area (Å²) in [4.78, 5) is 11.5. The quantitative estimate of drug-likeness (QED) is 0.902. The van der Waals surface area contributed by atoms with Crippen molar-refractivity contribution in [2.24, 2.45) is 23.2 Å². The SMILES string of the molecule is COc1ccc2c(c1)CC[C@@H]1[C@@H]2CC[C@]2(C)[C@@H](C(=O)O)C[C@@H]12. The van der Waals surface area contributed by atoms with Crippen LogP contribution >= 0.6 is 0 Å². The third-order valence-corrected chi connectivity index (χ3v) is 6.96. The van der Waals surface area contributed by atoms with E-state index in [4.69, 9.17) is 4.74 Å². The largest absolute Gasteiger partial charge is 0.497 e. The molecule has 0 unspecified atom stereocenters. The number of benzene rings is 1. The molecule has 3 nitrogen and oxygen atoms in total. The van der Waals surface area contributed by atoms with Crippen molar-refractivity contribution in [1.82, 2.24) is 0 Å². The van der Waals surface area contributed by atoms with Crippen molar-refractivity contribution in [2.75, 3.05) is 7.11 Å². The summed E-state index contributed by atoms with van der Waals surface area (Å²) in [7, 11) is 1.72. The number of ether oxygens (including phenoxy) is 1. The van der Waals surface area contributed by atoms with E-state index in [9.17, 15) is 9.90 Å². The number of methoxy groups -OCH3 is 1. The Kier molecular flexibility index (Phi) is 3.04. The van der Waals surface area contributed by atoms with Crippen LogP contribution in [0.2, 0.25) is 0 Å². The molecule has 118 valence electrons. The summed E-state index contributed by atoms with van der Waals surface area (Å²) in [6, 6.07) is 6.52. The van der Waals surface area contributed by atoms with Crippen LogP contribution in [-0.2, 0) is 11.2 Å². The Labute approximate surface area is 131 Å². The molecule has 0 aliphatic heterocycles. The fourth-order valence-corrected chi connectivity index (χ4v) is 5.66. The van der Waals surface area contributed by atoms with Gasteiger partial charge in [0.15, 0.2) is 0 Å². The summed E-state index contributed by atoms with van der Waals surface area (Å²) < 4.78 is 5.36. The molecule has 2 fully saturated rings. The Morgan fingerprint density at radius 2 is 2.18 bits per heavy atom. The van der Waals surface area contributed by atoms with Gasteiger partial charge in [-0.2, -0.15) is 0 Å². The van der Waals surface area contributed by atoms with E-state index >= 15 is 0 Å². The summed E-state index contributed by atoms with van der Waals surface area (Å²) in [5.41, 5.74) is 2.98. The molecule has 22 heavy (non-hydrogen) atoms. The van der Waals surface area contributed by atoms with Crippen molar-refractivity contribution in [2.45, 2.75) is 44.9 Å². The number of fused-ring (bicyclic) bond motifs is 5. The number of carbonyl (C=O) groups is 1. The summed E-state index contributed by atoms with van der Waals surface area (Å²) in [5, 5.41) is 9.43. The van der Waals surface area contributed by atoms with Crippen LogP contribution in [0, 0.1) is 23.2 Å². The lowest BCUT2D eigenvalue weighted by Crippen LogP contribution is -2.57. The van der Waals surface area contributed by atoms with Crippen LogP contribution in [0.4, 0.5) is 0 Å². The lowest BCUT2D eigenvalue weighted by atomic mass is 9.42. The summed E-state index contributed by atoms with van der Waals surface area (Å²) in [6.07, 6.45) is 5.40. The highest BCUT2D eigenvalue weighted by atomic mass is 16.5. The van der Waals surface area contributed by atoms with Crippen LogP contribution in [-0.4, -0.2) is 18.2 Å². The maximum Gasteiger partial charge on any atom is 0.307 e. The summed E-state index contributed by atoms with van der Waals surface area (Å²) in [5.74, 6) is 2.15. The summed E-state index contributed by atoms with van der Waals surface area (Å²) in [6.45, 7) is 2.22. The van der Waals surface area contributed by atoms with Gasteiger partial charge in [0, 0.05) is 0 Å². The van der Waals surface area contributed by atoms with E-state index in [-0.39, 0.29) is 11.3 Å². The van der Waals surface area contributed by atoms with Gasteiger partial charge in [-0.1, -0.05) is 13.0 Å². The van der Waals surface area contributed by atoms with Gasteiger partial charge in [0.1, 0.15) is 5.75 Å². The molecule has 1 N–H and O–H groups in total. The van der Waals surface area contributed by atoms with Crippen molar-refractivity contribution < 1.29 is 14.6 Å². The van der Waals surface area contributed by atoms with Gasteiger partial charge in [-0.25, -0.2) is 0 Å². The van der Waals surface area contributed by atoms with Gasteiger partial charge >= 0.3 is 5.97 Å². The highest BCUT2D eigenvalue weighted by Gasteiger charge is 2.60. The Balaban J connectivity index is 1.63. The molecule has 0 aromatic heterocycles. The molecule has 0 heterocycles. The zero-order valence-electron chi connectivity index (χ0n) is 13.3. The molecule has 1 aromatic rings. The fraction of sp³-hybridized carbons (Fsp3) is 0.632. The van der Waals surface area contributed by atoms with Crippen LogP contribution in [0.1, 0.15) is 49.7 Å². The lowest BCUT2D eigenvalue weighted by Gasteiger charge is -2.61. The smallest absolute Gasteiger partial charge is 0.307 e. The standard InChI is InChI=1S/C19H24O3/c1-19-8-7-14-13-6-4-12(22-2)9-11(13)3-5-15(14)16(19)10-17(19)18(20)21/h4,6,9,14-17H,3,5,7-8,10H2,1-2H3,(H,20,21)/t14-,15-,16+,17-,19+/m1/s1. The number of hydrogen-bond donors (Lipinski definition) is 1. The van der Waals surface area contributed by atoms with Crippen LogP contribution in [0.15, 0.2) is 18.2 Å². The third kappa shape index (κ3) is 1.77. The van der Waals surface area contributed by atoms with Crippen molar-refractivity contribution >= 4 is 5.97 Å². The van der Waals surface area contributed by atoms with E-state index in [1.807, 2.05) is 0 Å². The summed E-state index contributed by atoms with van der Waals surface area (Å²) >= 11 is 0. The number of aryl methyl sites for hydroxylation is 1. The normalized spacial score (nSPS) is 39.0. The number of rotatable bonds is 2. The Bertz CT molecular complexity index is 623. The first-order chi connectivity index (χ1) is 10.5. The highest BCUT2D eigenvalue weighted by Crippen LogP contribution is 2.66. The molecule has 3 heteroatoms. The van der Waals surface area contributed by atoms with E-state index in [1.54, 1.807) is 7.11 Å². The predicted octanol–water partition coefficient (Wildman–Crippen LogP) is 3.86. The monoisotopic (exact) mass is 300 g/mol. The molecule has 0 bridgehead atoms.